The van der Waals surface area contributed by atoms with Crippen molar-refractivity contribution in [2.24, 2.45) is 16.0 Å². The number of nitrogens with two attached hydrogens (primary N) is 1. The highest BCUT2D eigenvalue weighted by Gasteiger charge is 2.44. The van der Waals surface area contributed by atoms with Crippen LogP contribution in [0.25, 0.3) is 10.9 Å². The SMILES string of the molecule is CCc1nn(C2CCCC2)c2cc(C3=NOC(C)(C(=O)O/N=C(\N)c4ccccc4Cl)C3)ccc12. The molecule has 2 aromatic carbocycles. The number of carbonyl (C=O) groups excluding carboxylic acids is 1. The fourth-order valence-corrected chi connectivity index (χ4v) is 5.01. The maximum Gasteiger partial charge on any atom is 0.381 e. The Bertz CT molecular complexity index is 1340. The van der Waals surface area contributed by atoms with Gasteiger partial charge in [-0.15, -0.1) is 0 Å². The maximum atomic E-state index is 12.8. The second-order valence-corrected chi connectivity index (χ2v) is 9.69. The quantitative estimate of drug-likeness (QED) is 0.222. The van der Waals surface area contributed by atoms with Crippen LogP contribution in [0, 0.1) is 0 Å². The zero-order chi connectivity index (χ0) is 24.6. The fraction of sp³-hybridized carbons (Fsp3) is 0.385. The van der Waals surface area contributed by atoms with E-state index in [1.165, 1.54) is 12.8 Å². The van der Waals surface area contributed by atoms with Crippen molar-refractivity contribution in [2.45, 2.75) is 64.0 Å². The normalized spacial score (nSPS) is 20.8. The minimum atomic E-state index is -1.31. The molecule has 0 radical (unpaired) electrons. The third kappa shape index (κ3) is 4.38. The molecule has 182 valence electrons. The van der Waals surface area contributed by atoms with Crippen LogP contribution >= 0.6 is 11.6 Å². The van der Waals surface area contributed by atoms with E-state index in [0.29, 0.717) is 22.3 Å². The van der Waals surface area contributed by atoms with E-state index in [0.717, 1.165) is 41.4 Å². The van der Waals surface area contributed by atoms with Crippen LogP contribution in [-0.4, -0.2) is 32.9 Å². The van der Waals surface area contributed by atoms with Crippen molar-refractivity contribution in [1.29, 1.82) is 0 Å². The number of benzene rings is 2. The highest BCUT2D eigenvalue weighted by atomic mass is 35.5. The monoisotopic (exact) mass is 493 g/mol. The molecule has 8 nitrogen and oxygen atoms in total. The van der Waals surface area contributed by atoms with Gasteiger partial charge >= 0.3 is 5.97 Å². The number of aryl methyl sites for hydroxylation is 1. The topological polar surface area (TPSA) is 104 Å². The molecule has 0 spiro atoms. The molecule has 1 fully saturated rings. The average molecular weight is 494 g/mol. The van der Waals surface area contributed by atoms with Crippen LogP contribution in [0.4, 0.5) is 0 Å². The molecule has 3 aromatic rings. The molecule has 0 bridgehead atoms. The van der Waals surface area contributed by atoms with Crippen LogP contribution < -0.4 is 5.73 Å². The number of fused-ring (bicyclic) bond motifs is 1. The summed E-state index contributed by atoms with van der Waals surface area (Å²) in [6.07, 6.45) is 5.89. The van der Waals surface area contributed by atoms with Gasteiger partial charge in [0.25, 0.3) is 0 Å². The molecule has 9 heteroatoms. The summed E-state index contributed by atoms with van der Waals surface area (Å²) in [6.45, 7) is 3.76. The van der Waals surface area contributed by atoms with E-state index in [2.05, 4.69) is 34.0 Å². The Morgan fingerprint density at radius 3 is 2.80 bits per heavy atom. The molecule has 1 aliphatic carbocycles. The third-order valence-corrected chi connectivity index (χ3v) is 7.12. The summed E-state index contributed by atoms with van der Waals surface area (Å²) in [7, 11) is 0. The van der Waals surface area contributed by atoms with Crippen molar-refractivity contribution in [2.75, 3.05) is 0 Å². The zero-order valence-corrected chi connectivity index (χ0v) is 20.6. The summed E-state index contributed by atoms with van der Waals surface area (Å²) in [5.41, 5.74) is 8.89. The molecule has 2 N–H and O–H groups in total. The van der Waals surface area contributed by atoms with Crippen LogP contribution in [0.5, 0.6) is 0 Å². The van der Waals surface area contributed by atoms with Gasteiger partial charge in [0, 0.05) is 22.9 Å². The van der Waals surface area contributed by atoms with Gasteiger partial charge in [-0.1, -0.05) is 65.9 Å². The van der Waals surface area contributed by atoms with E-state index >= 15 is 0 Å². The van der Waals surface area contributed by atoms with Gasteiger partial charge in [-0.2, -0.15) is 5.10 Å². The summed E-state index contributed by atoms with van der Waals surface area (Å²) in [4.78, 5) is 23.5. The molecule has 2 heterocycles. The zero-order valence-electron chi connectivity index (χ0n) is 19.8. The van der Waals surface area contributed by atoms with Gasteiger partial charge in [-0.3, -0.25) is 4.68 Å². The van der Waals surface area contributed by atoms with Gasteiger partial charge in [0.15, 0.2) is 5.84 Å². The van der Waals surface area contributed by atoms with Gasteiger partial charge in [-0.05, 0) is 44.4 Å². The van der Waals surface area contributed by atoms with E-state index < -0.39 is 11.6 Å². The molecule has 1 aliphatic heterocycles. The van der Waals surface area contributed by atoms with Gasteiger partial charge < -0.3 is 15.4 Å². The van der Waals surface area contributed by atoms with Crippen LogP contribution in [0.3, 0.4) is 0 Å². The number of nitrogens with zero attached hydrogens (tertiary/aromatic N) is 4. The predicted molar refractivity (Wildman–Crippen MR) is 136 cm³/mol. The molecule has 1 atom stereocenters. The van der Waals surface area contributed by atoms with Gasteiger partial charge in [0.1, 0.15) is 0 Å². The van der Waals surface area contributed by atoms with Crippen molar-refractivity contribution in [1.82, 2.24) is 9.78 Å². The predicted octanol–water partition coefficient (Wildman–Crippen LogP) is 5.11. The number of hydrogen-bond donors (Lipinski definition) is 1. The minimum Gasteiger partial charge on any atom is -0.380 e. The molecular formula is C26H28ClN5O3. The number of oxime groups is 2. The Morgan fingerprint density at radius 2 is 2.06 bits per heavy atom. The Morgan fingerprint density at radius 1 is 1.29 bits per heavy atom. The summed E-state index contributed by atoms with van der Waals surface area (Å²) in [5.74, 6) is -0.680. The minimum absolute atomic E-state index is 0.00374. The highest BCUT2D eigenvalue weighted by molar-refractivity contribution is 6.34. The lowest BCUT2D eigenvalue weighted by atomic mass is 9.95. The standard InChI is InChI=1S/C26H28ClN5O3/c1-3-21-19-13-12-16(14-23(19)32(29-21)17-8-4-5-9-17)22-15-26(2,35-30-22)25(33)34-31-24(28)18-10-6-7-11-20(18)27/h6-7,10-14,17H,3-5,8-9,15H2,1-2H3,(H2,28,31). The lowest BCUT2D eigenvalue weighted by Gasteiger charge is -2.17. The number of halogens is 1. The van der Waals surface area contributed by atoms with Crippen molar-refractivity contribution in [3.05, 3.63) is 64.3 Å². The molecule has 35 heavy (non-hydrogen) atoms. The number of carbonyl (C=O) groups is 1. The second kappa shape index (κ2) is 9.34. The van der Waals surface area contributed by atoms with Gasteiger partial charge in [-0.25, -0.2) is 4.79 Å². The van der Waals surface area contributed by atoms with Crippen molar-refractivity contribution in [3.63, 3.8) is 0 Å². The van der Waals surface area contributed by atoms with E-state index in [1.807, 2.05) is 6.07 Å². The van der Waals surface area contributed by atoms with Gasteiger partial charge in [0.05, 0.1) is 28.0 Å². The van der Waals surface area contributed by atoms with Crippen LogP contribution in [0.2, 0.25) is 5.02 Å². The van der Waals surface area contributed by atoms with Gasteiger partial charge in [0.2, 0.25) is 5.60 Å². The Hall–Kier alpha value is -3.39. The van der Waals surface area contributed by atoms with E-state index in [9.17, 15) is 4.79 Å². The smallest absolute Gasteiger partial charge is 0.380 e. The number of rotatable bonds is 6. The Labute approximate surface area is 208 Å². The van der Waals surface area contributed by atoms with Crippen molar-refractivity contribution < 1.29 is 14.5 Å². The number of hydrogen-bond acceptors (Lipinski definition) is 6. The lowest BCUT2D eigenvalue weighted by Crippen LogP contribution is -2.36. The molecule has 0 amide bonds. The van der Waals surface area contributed by atoms with E-state index in [-0.39, 0.29) is 12.3 Å². The first-order valence-electron chi connectivity index (χ1n) is 12.0. The van der Waals surface area contributed by atoms with Crippen LogP contribution in [-0.2, 0) is 20.9 Å². The van der Waals surface area contributed by atoms with Crippen LogP contribution in [0.15, 0.2) is 52.8 Å². The molecule has 1 unspecified atom stereocenters. The molecule has 0 saturated heterocycles. The average Bonchev–Trinajstić information content (AvgIpc) is 3.61. The maximum absolute atomic E-state index is 12.8. The number of aromatic nitrogens is 2. The van der Waals surface area contributed by atoms with Crippen molar-refractivity contribution >= 4 is 40.0 Å². The molecule has 5 rings (SSSR count). The van der Waals surface area contributed by atoms with E-state index in [4.69, 9.17) is 32.1 Å². The highest BCUT2D eigenvalue weighted by Crippen LogP contribution is 2.35. The first kappa shape index (κ1) is 23.4. The summed E-state index contributed by atoms with van der Waals surface area (Å²) < 4.78 is 2.18. The first-order chi connectivity index (χ1) is 16.9. The summed E-state index contributed by atoms with van der Waals surface area (Å²) in [6, 6.07) is 13.6. The fourth-order valence-electron chi connectivity index (χ4n) is 4.78. The summed E-state index contributed by atoms with van der Waals surface area (Å²) >= 11 is 6.13. The molecule has 2 aliphatic rings. The molecular weight excluding hydrogens is 466 g/mol. The molecule has 1 saturated carbocycles. The van der Waals surface area contributed by atoms with E-state index in [1.54, 1.807) is 31.2 Å². The molecule has 1 aromatic heterocycles. The lowest BCUT2D eigenvalue weighted by molar-refractivity contribution is -0.167. The Balaban J connectivity index is 1.34. The number of amidine groups is 1. The Kier molecular flexibility index (Phi) is 6.23. The second-order valence-electron chi connectivity index (χ2n) is 9.29. The van der Waals surface area contributed by atoms with Crippen LogP contribution in [0.1, 0.15) is 68.8 Å². The summed E-state index contributed by atoms with van der Waals surface area (Å²) in [5, 5.41) is 14.5. The first-order valence-corrected chi connectivity index (χ1v) is 12.3. The largest absolute Gasteiger partial charge is 0.381 e. The third-order valence-electron chi connectivity index (χ3n) is 6.79. The van der Waals surface area contributed by atoms with Crippen molar-refractivity contribution in [3.8, 4) is 0 Å².